The van der Waals surface area contributed by atoms with E-state index in [0.29, 0.717) is 21.5 Å². The largest absolute Gasteiger partial charge is 0.463 e. The van der Waals surface area contributed by atoms with Crippen LogP contribution in [0, 0.1) is 5.41 Å². The molecule has 0 aliphatic carbocycles. The highest BCUT2D eigenvalue weighted by molar-refractivity contribution is 7.17. The number of nitrogens with two attached hydrogens (primary N) is 1. The highest BCUT2D eigenvalue weighted by atomic mass is 32.1. The number of anilines is 1. The molecule has 90 valence electrons. The second kappa shape index (κ2) is 4.00. The molecule has 2 heterocycles. The molecule has 2 aromatic rings. The number of carbonyl (C=O) groups excluding carboxylic acids is 1. The lowest BCUT2D eigenvalue weighted by Crippen LogP contribution is -2.19. The molecular formula is C12H14N2O2S. The van der Waals surface area contributed by atoms with Crippen LogP contribution < -0.4 is 5.73 Å². The van der Waals surface area contributed by atoms with Crippen molar-refractivity contribution in [1.82, 2.24) is 4.98 Å². The summed E-state index contributed by atoms with van der Waals surface area (Å²) >= 11 is 1.20. The summed E-state index contributed by atoms with van der Waals surface area (Å²) < 4.78 is 5.27. The minimum absolute atomic E-state index is 0.0260. The smallest absolute Gasteiger partial charge is 0.181 e. The average Bonchev–Trinajstić information content (AvgIpc) is 2.82. The Kier molecular flexibility index (Phi) is 2.79. The number of carbonyl (C=O) groups is 1. The van der Waals surface area contributed by atoms with Crippen molar-refractivity contribution >= 4 is 22.3 Å². The van der Waals surface area contributed by atoms with Gasteiger partial charge in [0.2, 0.25) is 0 Å². The lowest BCUT2D eigenvalue weighted by atomic mass is 9.89. The number of furan rings is 1. The summed E-state index contributed by atoms with van der Waals surface area (Å²) in [5, 5.41) is 0.379. The highest BCUT2D eigenvalue weighted by Crippen LogP contribution is 2.34. The number of aromatic nitrogens is 1. The van der Waals surface area contributed by atoms with E-state index in [-0.39, 0.29) is 5.78 Å². The van der Waals surface area contributed by atoms with Gasteiger partial charge in [-0.15, -0.1) is 0 Å². The Balaban J connectivity index is 2.52. The van der Waals surface area contributed by atoms with Crippen molar-refractivity contribution in [2.75, 3.05) is 5.73 Å². The number of hydrogen-bond donors (Lipinski definition) is 1. The summed E-state index contributed by atoms with van der Waals surface area (Å²) in [5.74, 6) is 0.601. The number of hydrogen-bond acceptors (Lipinski definition) is 5. The van der Waals surface area contributed by atoms with Gasteiger partial charge in [-0.25, -0.2) is 4.98 Å². The SMILES string of the molecule is CC(C)(C)C(=O)c1sc(N)nc1-c1ccco1. The van der Waals surface area contributed by atoms with Crippen LogP contribution in [0.25, 0.3) is 11.5 Å². The minimum Gasteiger partial charge on any atom is -0.463 e. The van der Waals surface area contributed by atoms with Crippen molar-refractivity contribution in [1.29, 1.82) is 0 Å². The molecule has 0 fully saturated rings. The Morgan fingerprint density at radius 3 is 2.71 bits per heavy atom. The van der Waals surface area contributed by atoms with Gasteiger partial charge in [0, 0.05) is 5.41 Å². The van der Waals surface area contributed by atoms with Gasteiger partial charge in [-0.1, -0.05) is 32.1 Å². The molecule has 2 aromatic heterocycles. The van der Waals surface area contributed by atoms with E-state index < -0.39 is 5.41 Å². The summed E-state index contributed by atoms with van der Waals surface area (Å²) in [6.45, 7) is 5.62. The predicted octanol–water partition coefficient (Wildman–Crippen LogP) is 3.21. The molecule has 0 atom stereocenters. The van der Waals surface area contributed by atoms with Crippen molar-refractivity contribution in [3.05, 3.63) is 23.3 Å². The van der Waals surface area contributed by atoms with Crippen LogP contribution in [0.3, 0.4) is 0 Å². The van der Waals surface area contributed by atoms with Crippen LogP contribution in [0.15, 0.2) is 22.8 Å². The van der Waals surface area contributed by atoms with Gasteiger partial charge >= 0.3 is 0 Å². The predicted molar refractivity (Wildman–Crippen MR) is 68.0 cm³/mol. The fraction of sp³-hybridized carbons (Fsp3) is 0.333. The van der Waals surface area contributed by atoms with Gasteiger partial charge < -0.3 is 10.2 Å². The first kappa shape index (κ1) is 11.9. The summed E-state index contributed by atoms with van der Waals surface area (Å²) in [6.07, 6.45) is 1.55. The summed E-state index contributed by atoms with van der Waals surface area (Å²) in [5.41, 5.74) is 5.76. The summed E-state index contributed by atoms with van der Waals surface area (Å²) in [4.78, 5) is 17.0. The zero-order valence-electron chi connectivity index (χ0n) is 9.98. The third kappa shape index (κ3) is 2.24. The zero-order valence-corrected chi connectivity index (χ0v) is 10.8. The zero-order chi connectivity index (χ0) is 12.6. The van der Waals surface area contributed by atoms with E-state index in [1.54, 1.807) is 18.4 Å². The van der Waals surface area contributed by atoms with Crippen LogP contribution in [0.4, 0.5) is 5.13 Å². The van der Waals surface area contributed by atoms with E-state index in [2.05, 4.69) is 4.98 Å². The van der Waals surface area contributed by atoms with E-state index >= 15 is 0 Å². The van der Waals surface area contributed by atoms with Gasteiger partial charge in [0.25, 0.3) is 0 Å². The van der Waals surface area contributed by atoms with E-state index in [9.17, 15) is 4.79 Å². The monoisotopic (exact) mass is 250 g/mol. The molecule has 0 aromatic carbocycles. The van der Waals surface area contributed by atoms with Crippen LogP contribution in [-0.2, 0) is 0 Å². The molecule has 0 radical (unpaired) electrons. The van der Waals surface area contributed by atoms with Gasteiger partial charge in [0.05, 0.1) is 6.26 Å². The maximum atomic E-state index is 12.3. The van der Waals surface area contributed by atoms with E-state index in [1.165, 1.54) is 11.3 Å². The number of nitrogens with zero attached hydrogens (tertiary/aromatic N) is 1. The van der Waals surface area contributed by atoms with Crippen LogP contribution >= 0.6 is 11.3 Å². The average molecular weight is 250 g/mol. The number of ketones is 1. The van der Waals surface area contributed by atoms with Crippen molar-refractivity contribution in [2.24, 2.45) is 5.41 Å². The second-order valence-corrected chi connectivity index (χ2v) is 5.82. The molecule has 4 nitrogen and oxygen atoms in total. The van der Waals surface area contributed by atoms with Crippen molar-refractivity contribution in [2.45, 2.75) is 20.8 Å². The molecule has 0 amide bonds. The Hall–Kier alpha value is -1.62. The third-order valence-electron chi connectivity index (χ3n) is 2.29. The van der Waals surface area contributed by atoms with E-state index in [0.717, 1.165) is 0 Å². The van der Waals surface area contributed by atoms with Gasteiger partial charge in [-0.05, 0) is 12.1 Å². The molecule has 0 aliphatic rings. The Morgan fingerprint density at radius 2 is 2.18 bits per heavy atom. The quantitative estimate of drug-likeness (QED) is 0.831. The molecule has 2 rings (SSSR count). The maximum absolute atomic E-state index is 12.3. The molecule has 0 bridgehead atoms. The van der Waals surface area contributed by atoms with Crippen LogP contribution in [0.2, 0.25) is 0 Å². The van der Waals surface area contributed by atoms with Gasteiger partial charge in [-0.3, -0.25) is 4.79 Å². The lowest BCUT2D eigenvalue weighted by molar-refractivity contribution is 0.0863. The molecule has 0 saturated carbocycles. The highest BCUT2D eigenvalue weighted by Gasteiger charge is 2.29. The van der Waals surface area contributed by atoms with Gasteiger partial charge in [0.1, 0.15) is 10.6 Å². The van der Waals surface area contributed by atoms with Crippen molar-refractivity contribution in [3.8, 4) is 11.5 Å². The normalized spacial score (nSPS) is 11.7. The topological polar surface area (TPSA) is 69.1 Å². The molecule has 0 saturated heterocycles. The minimum atomic E-state index is -0.458. The fourth-order valence-electron chi connectivity index (χ4n) is 1.41. The molecule has 5 heteroatoms. The standard InChI is InChI=1S/C12H14N2O2S/c1-12(2,3)10(15)9-8(14-11(13)17-9)7-5-4-6-16-7/h4-6H,1-3H3,(H2,13,14). The number of thiazole rings is 1. The van der Waals surface area contributed by atoms with Crippen molar-refractivity contribution in [3.63, 3.8) is 0 Å². The van der Waals surface area contributed by atoms with Gasteiger partial charge in [-0.2, -0.15) is 0 Å². The van der Waals surface area contributed by atoms with E-state index in [1.807, 2.05) is 20.8 Å². The Labute approximate surface area is 103 Å². The molecule has 2 N–H and O–H groups in total. The van der Waals surface area contributed by atoms with Crippen molar-refractivity contribution < 1.29 is 9.21 Å². The number of Topliss-reactive ketones (excluding diaryl/α,β-unsaturated/α-hetero) is 1. The van der Waals surface area contributed by atoms with Gasteiger partial charge in [0.15, 0.2) is 16.7 Å². The molecule has 0 unspecified atom stereocenters. The molecular weight excluding hydrogens is 236 g/mol. The third-order valence-corrected chi connectivity index (χ3v) is 3.17. The maximum Gasteiger partial charge on any atom is 0.181 e. The Morgan fingerprint density at radius 1 is 1.47 bits per heavy atom. The number of nitrogen functional groups attached to an aromatic ring is 1. The van der Waals surface area contributed by atoms with Crippen LogP contribution in [0.1, 0.15) is 30.4 Å². The van der Waals surface area contributed by atoms with Crippen LogP contribution in [0.5, 0.6) is 0 Å². The first-order valence-electron chi connectivity index (χ1n) is 5.24. The molecule has 17 heavy (non-hydrogen) atoms. The fourth-order valence-corrected chi connectivity index (χ4v) is 2.40. The second-order valence-electron chi connectivity index (χ2n) is 4.79. The first-order valence-corrected chi connectivity index (χ1v) is 6.06. The first-order chi connectivity index (χ1) is 7.89. The molecule has 0 spiro atoms. The van der Waals surface area contributed by atoms with E-state index in [4.69, 9.17) is 10.2 Å². The lowest BCUT2D eigenvalue weighted by Gasteiger charge is -2.15. The molecule has 0 aliphatic heterocycles. The summed E-state index contributed by atoms with van der Waals surface area (Å²) in [7, 11) is 0. The van der Waals surface area contributed by atoms with Crippen LogP contribution in [-0.4, -0.2) is 10.8 Å². The number of rotatable bonds is 2. The Bertz CT molecular complexity index is 535. The summed E-state index contributed by atoms with van der Waals surface area (Å²) in [6, 6.07) is 3.53.